The minimum atomic E-state index is -0.228. The number of thiol groups is 1. The van der Waals surface area contributed by atoms with Crippen LogP contribution in [-0.4, -0.2) is 52.0 Å². The monoisotopic (exact) mass is 430 g/mol. The first kappa shape index (κ1) is 22.5. The largest absolute Gasteiger partial charge is 0.362 e. The number of hydrogen-bond donors (Lipinski definition) is 3. The average Bonchev–Trinajstić information content (AvgIpc) is 2.72. The zero-order chi connectivity index (χ0) is 21.9. The summed E-state index contributed by atoms with van der Waals surface area (Å²) in [6, 6.07) is 8.37. The van der Waals surface area contributed by atoms with Gasteiger partial charge in [0.2, 0.25) is 5.95 Å². The lowest BCUT2D eigenvalue weighted by atomic mass is 9.91. The first-order chi connectivity index (χ1) is 14.2. The molecule has 0 bridgehead atoms. The van der Waals surface area contributed by atoms with Crippen molar-refractivity contribution >= 4 is 41.5 Å². The van der Waals surface area contributed by atoms with Crippen molar-refractivity contribution in [3.8, 4) is 0 Å². The quantitative estimate of drug-likeness (QED) is 0.590. The maximum absolute atomic E-state index is 12.5. The number of benzene rings is 1. The van der Waals surface area contributed by atoms with Crippen molar-refractivity contribution in [3.63, 3.8) is 0 Å². The normalized spacial score (nSPS) is 19.4. The van der Waals surface area contributed by atoms with Crippen LogP contribution >= 0.6 is 12.8 Å². The summed E-state index contributed by atoms with van der Waals surface area (Å²) in [6.07, 6.45) is 4.56. The van der Waals surface area contributed by atoms with Crippen molar-refractivity contribution in [2.24, 2.45) is 0 Å². The van der Waals surface area contributed by atoms with E-state index in [1.165, 1.54) is 0 Å². The predicted molar refractivity (Wildman–Crippen MR) is 127 cm³/mol. The standard InChI is InChI=1S/C22H34N6OS/c1-6-22(2,3)26-21(29)28(30)16-13-11-15(12-14-16)23-20-24-18-10-8-7-9-17(18)19(25-20)27(4)5/h7-10,15-16,30H,6,11-14H2,1-5H3,(H,26,29)(H,23,24,25). The molecule has 2 amide bonds. The number of urea groups is 1. The van der Waals surface area contributed by atoms with Gasteiger partial charge < -0.3 is 15.5 Å². The van der Waals surface area contributed by atoms with E-state index in [9.17, 15) is 4.79 Å². The van der Waals surface area contributed by atoms with Crippen LogP contribution < -0.4 is 15.5 Å². The van der Waals surface area contributed by atoms with E-state index in [-0.39, 0.29) is 23.7 Å². The van der Waals surface area contributed by atoms with Crippen LogP contribution in [0.3, 0.4) is 0 Å². The van der Waals surface area contributed by atoms with E-state index in [2.05, 4.69) is 30.4 Å². The molecule has 1 aromatic heterocycles. The van der Waals surface area contributed by atoms with Gasteiger partial charge in [-0.2, -0.15) is 4.98 Å². The summed E-state index contributed by atoms with van der Waals surface area (Å²) in [6.45, 7) is 6.12. The van der Waals surface area contributed by atoms with E-state index in [4.69, 9.17) is 9.97 Å². The van der Waals surface area contributed by atoms with E-state index in [0.29, 0.717) is 5.95 Å². The number of rotatable bonds is 6. The third-order valence-corrected chi connectivity index (χ3v) is 6.43. The molecule has 3 rings (SSSR count). The van der Waals surface area contributed by atoms with Crippen LogP contribution in [0.2, 0.25) is 0 Å². The first-order valence-corrected chi connectivity index (χ1v) is 11.1. The topological polar surface area (TPSA) is 73.4 Å². The Morgan fingerprint density at radius 2 is 1.83 bits per heavy atom. The molecule has 0 spiro atoms. The van der Waals surface area contributed by atoms with Crippen molar-refractivity contribution in [2.45, 2.75) is 70.5 Å². The van der Waals surface area contributed by atoms with Crippen LogP contribution in [0.4, 0.5) is 16.6 Å². The maximum atomic E-state index is 12.5. The molecule has 1 heterocycles. The number of nitrogens with zero attached hydrogens (tertiary/aromatic N) is 4. The zero-order valence-corrected chi connectivity index (χ0v) is 19.5. The lowest BCUT2D eigenvalue weighted by Crippen LogP contribution is -2.50. The molecule has 30 heavy (non-hydrogen) atoms. The van der Waals surface area contributed by atoms with Gasteiger partial charge in [0.1, 0.15) is 5.82 Å². The Hall–Kier alpha value is -2.22. The van der Waals surface area contributed by atoms with Crippen LogP contribution in [0.15, 0.2) is 24.3 Å². The first-order valence-electron chi connectivity index (χ1n) is 10.7. The molecule has 1 fully saturated rings. The molecule has 2 N–H and O–H groups in total. The third-order valence-electron chi connectivity index (χ3n) is 5.92. The summed E-state index contributed by atoms with van der Waals surface area (Å²) in [5, 5.41) is 7.61. The molecule has 8 heteroatoms. The maximum Gasteiger partial charge on any atom is 0.327 e. The Morgan fingerprint density at radius 3 is 2.47 bits per heavy atom. The molecule has 1 aliphatic carbocycles. The molecule has 0 aliphatic heterocycles. The highest BCUT2D eigenvalue weighted by Crippen LogP contribution is 2.28. The number of para-hydroxylation sites is 1. The summed E-state index contributed by atoms with van der Waals surface area (Å²) < 4.78 is 1.57. The number of aromatic nitrogens is 2. The SMILES string of the molecule is CCC(C)(C)NC(=O)N(S)C1CCC(Nc2nc(N(C)C)c3ccccc3n2)CC1. The number of fused-ring (bicyclic) bond motifs is 1. The van der Waals surface area contributed by atoms with Gasteiger partial charge in [0, 0.05) is 37.1 Å². The number of carbonyl (C=O) groups is 1. The van der Waals surface area contributed by atoms with Crippen LogP contribution in [-0.2, 0) is 0 Å². The molecule has 1 aliphatic rings. The van der Waals surface area contributed by atoms with Crippen LogP contribution in [0, 0.1) is 0 Å². The fourth-order valence-electron chi connectivity index (χ4n) is 3.71. The summed E-state index contributed by atoms with van der Waals surface area (Å²) in [7, 11) is 3.99. The number of amides is 2. The van der Waals surface area contributed by atoms with Crippen molar-refractivity contribution in [1.82, 2.24) is 19.6 Å². The molecule has 0 radical (unpaired) electrons. The molecule has 2 aromatic rings. The average molecular weight is 431 g/mol. The second-order valence-corrected chi connectivity index (χ2v) is 9.38. The lowest BCUT2D eigenvalue weighted by molar-refractivity contribution is 0.193. The lowest BCUT2D eigenvalue weighted by Gasteiger charge is -2.36. The molecule has 164 valence electrons. The van der Waals surface area contributed by atoms with Crippen LogP contribution in [0.5, 0.6) is 0 Å². The van der Waals surface area contributed by atoms with E-state index in [1.54, 1.807) is 4.31 Å². The van der Waals surface area contributed by atoms with Gasteiger partial charge in [-0.25, -0.2) is 9.78 Å². The summed E-state index contributed by atoms with van der Waals surface area (Å²) >= 11 is 4.49. The van der Waals surface area contributed by atoms with Crippen molar-refractivity contribution in [2.75, 3.05) is 24.3 Å². The van der Waals surface area contributed by atoms with E-state index in [1.807, 2.05) is 57.1 Å². The van der Waals surface area contributed by atoms with Gasteiger partial charge in [0.05, 0.1) is 5.52 Å². The molecule has 0 atom stereocenters. The van der Waals surface area contributed by atoms with Gasteiger partial charge in [-0.1, -0.05) is 31.9 Å². The fourth-order valence-corrected chi connectivity index (χ4v) is 3.99. The van der Waals surface area contributed by atoms with E-state index >= 15 is 0 Å². The van der Waals surface area contributed by atoms with Gasteiger partial charge in [-0.05, 0) is 58.1 Å². The molecule has 1 aromatic carbocycles. The van der Waals surface area contributed by atoms with Gasteiger partial charge in [0.25, 0.3) is 0 Å². The Balaban J connectivity index is 1.62. The molecule has 0 unspecified atom stereocenters. The van der Waals surface area contributed by atoms with Gasteiger partial charge in [-0.3, -0.25) is 4.31 Å². The molecular formula is C22H34N6OS. The molecule has 1 saturated carbocycles. The van der Waals surface area contributed by atoms with Gasteiger partial charge >= 0.3 is 6.03 Å². The highest BCUT2D eigenvalue weighted by atomic mass is 32.1. The Labute approximate surface area is 185 Å². The number of anilines is 2. The number of carbonyl (C=O) groups excluding carboxylic acids is 1. The van der Waals surface area contributed by atoms with Crippen LogP contribution in [0.25, 0.3) is 10.9 Å². The van der Waals surface area contributed by atoms with E-state index < -0.39 is 0 Å². The summed E-state index contributed by atoms with van der Waals surface area (Å²) in [5.74, 6) is 1.57. The molecule has 7 nitrogen and oxygen atoms in total. The second-order valence-electron chi connectivity index (χ2n) is 8.94. The Bertz CT molecular complexity index is 879. The highest BCUT2D eigenvalue weighted by Gasteiger charge is 2.30. The minimum Gasteiger partial charge on any atom is -0.362 e. The van der Waals surface area contributed by atoms with Crippen LogP contribution in [0.1, 0.15) is 52.9 Å². The van der Waals surface area contributed by atoms with Gasteiger partial charge in [0.15, 0.2) is 0 Å². The number of hydrogen-bond acceptors (Lipinski definition) is 6. The number of nitrogens with one attached hydrogen (secondary N) is 2. The second kappa shape index (κ2) is 9.29. The Kier molecular flexibility index (Phi) is 6.95. The highest BCUT2D eigenvalue weighted by molar-refractivity contribution is 7.78. The molecule has 0 saturated heterocycles. The minimum absolute atomic E-state index is 0.116. The van der Waals surface area contributed by atoms with Crippen molar-refractivity contribution in [3.05, 3.63) is 24.3 Å². The summed E-state index contributed by atoms with van der Waals surface area (Å²) in [5.41, 5.74) is 0.707. The van der Waals surface area contributed by atoms with Crippen molar-refractivity contribution < 1.29 is 4.79 Å². The van der Waals surface area contributed by atoms with Crippen molar-refractivity contribution in [1.29, 1.82) is 0 Å². The fraction of sp³-hybridized carbons (Fsp3) is 0.591. The Morgan fingerprint density at radius 1 is 1.17 bits per heavy atom. The smallest absolute Gasteiger partial charge is 0.327 e. The third kappa shape index (κ3) is 5.28. The summed E-state index contributed by atoms with van der Waals surface area (Å²) in [4.78, 5) is 24.0. The van der Waals surface area contributed by atoms with E-state index in [0.717, 1.165) is 48.8 Å². The molecular weight excluding hydrogens is 396 g/mol. The van der Waals surface area contributed by atoms with Gasteiger partial charge in [-0.15, -0.1) is 0 Å². The predicted octanol–water partition coefficient (Wildman–Crippen LogP) is 4.46. The zero-order valence-electron chi connectivity index (χ0n) is 18.6.